The Morgan fingerprint density at radius 1 is 1.00 bits per heavy atom. The lowest BCUT2D eigenvalue weighted by Crippen LogP contribution is -2.39. The molecule has 1 atom stereocenters. The Morgan fingerprint density at radius 3 is 2.61 bits per heavy atom. The number of aryl methyl sites for hydroxylation is 1. The first-order chi connectivity index (χ1) is 17.5. The lowest BCUT2D eigenvalue weighted by atomic mass is 9.95. The first-order valence-corrected chi connectivity index (χ1v) is 12.4. The van der Waals surface area contributed by atoms with Crippen LogP contribution in [0.4, 0.5) is 4.39 Å². The quantitative estimate of drug-likeness (QED) is 0.377. The second-order valence-electron chi connectivity index (χ2n) is 9.24. The molecule has 36 heavy (non-hydrogen) atoms. The van der Waals surface area contributed by atoms with E-state index < -0.39 is 5.60 Å². The van der Waals surface area contributed by atoms with Gasteiger partial charge in [0.2, 0.25) is 0 Å². The third-order valence-electron chi connectivity index (χ3n) is 6.90. The van der Waals surface area contributed by atoms with Crippen LogP contribution in [0, 0.1) is 12.7 Å². The molecular formula is C28H36FN3O4. The highest BCUT2D eigenvalue weighted by Crippen LogP contribution is 2.31. The molecule has 1 aliphatic rings. The molecule has 0 radical (unpaired) electrons. The summed E-state index contributed by atoms with van der Waals surface area (Å²) in [5, 5.41) is 0. The van der Waals surface area contributed by atoms with Crippen molar-refractivity contribution in [2.75, 3.05) is 40.5 Å². The molecule has 1 aliphatic heterocycles. The van der Waals surface area contributed by atoms with Crippen LogP contribution >= 0.6 is 0 Å². The van der Waals surface area contributed by atoms with Gasteiger partial charge in [0.1, 0.15) is 24.6 Å². The zero-order chi connectivity index (χ0) is 25.4. The molecule has 0 amide bonds. The van der Waals surface area contributed by atoms with Gasteiger partial charge in [0.15, 0.2) is 23.1 Å². The summed E-state index contributed by atoms with van der Waals surface area (Å²) >= 11 is 0. The number of para-hydroxylation sites is 1. The molecule has 0 aliphatic carbocycles. The van der Waals surface area contributed by atoms with Crippen molar-refractivity contribution in [2.24, 2.45) is 0 Å². The van der Waals surface area contributed by atoms with Crippen LogP contribution in [0.15, 0.2) is 54.9 Å². The number of hydrogen-bond donors (Lipinski definition) is 0. The minimum Gasteiger partial charge on any atom is -0.493 e. The number of halogens is 1. The van der Waals surface area contributed by atoms with E-state index in [1.165, 1.54) is 6.07 Å². The number of likely N-dealkylation sites (tertiary alicyclic amines) is 1. The summed E-state index contributed by atoms with van der Waals surface area (Å²) in [6.07, 6.45) is 6.38. The molecule has 4 rings (SSSR count). The third kappa shape index (κ3) is 6.56. The van der Waals surface area contributed by atoms with Crippen LogP contribution in [0.3, 0.4) is 0 Å². The minimum atomic E-state index is -0.434. The summed E-state index contributed by atoms with van der Waals surface area (Å²) in [6, 6.07) is 12.6. The van der Waals surface area contributed by atoms with Gasteiger partial charge in [-0.1, -0.05) is 18.2 Å². The van der Waals surface area contributed by atoms with Gasteiger partial charge in [-0.25, -0.2) is 9.37 Å². The Labute approximate surface area is 212 Å². The van der Waals surface area contributed by atoms with Gasteiger partial charge in [0.05, 0.1) is 13.7 Å². The molecule has 194 valence electrons. The van der Waals surface area contributed by atoms with E-state index in [-0.39, 0.29) is 11.6 Å². The average Bonchev–Trinajstić information content (AvgIpc) is 3.19. The number of nitrogens with zero attached hydrogens (tertiary/aromatic N) is 3. The normalized spacial score (nSPS) is 18.6. The van der Waals surface area contributed by atoms with Gasteiger partial charge < -0.3 is 23.5 Å². The SMILES string of the molecule is COc1ccc(CN2CCCC(COc3ccccc3F)(OC)CC2)cc1OCCn1ccnc1C. The molecule has 1 fully saturated rings. The fourth-order valence-electron chi connectivity index (χ4n) is 4.64. The molecule has 0 N–H and O–H groups in total. The van der Waals surface area contributed by atoms with Crippen molar-refractivity contribution in [3.63, 3.8) is 0 Å². The van der Waals surface area contributed by atoms with Gasteiger partial charge in [0, 0.05) is 32.6 Å². The molecule has 0 bridgehead atoms. The molecule has 2 aromatic carbocycles. The average molecular weight is 498 g/mol. The number of aromatic nitrogens is 2. The zero-order valence-corrected chi connectivity index (χ0v) is 21.4. The molecule has 7 nitrogen and oxygen atoms in total. The summed E-state index contributed by atoms with van der Waals surface area (Å²) in [5.41, 5.74) is 0.730. The van der Waals surface area contributed by atoms with E-state index >= 15 is 0 Å². The molecule has 3 aromatic rings. The second kappa shape index (κ2) is 12.2. The van der Waals surface area contributed by atoms with Gasteiger partial charge >= 0.3 is 0 Å². The smallest absolute Gasteiger partial charge is 0.165 e. The van der Waals surface area contributed by atoms with Crippen molar-refractivity contribution in [2.45, 2.75) is 44.9 Å². The lowest BCUT2D eigenvalue weighted by Gasteiger charge is -2.31. The molecule has 1 unspecified atom stereocenters. The van der Waals surface area contributed by atoms with Crippen molar-refractivity contribution in [3.8, 4) is 17.2 Å². The van der Waals surface area contributed by atoms with Crippen molar-refractivity contribution in [1.82, 2.24) is 14.5 Å². The maximum absolute atomic E-state index is 14.0. The zero-order valence-electron chi connectivity index (χ0n) is 21.4. The Hall–Kier alpha value is -3.10. The largest absolute Gasteiger partial charge is 0.493 e. The summed E-state index contributed by atoms with van der Waals surface area (Å²) in [7, 11) is 3.38. The van der Waals surface area contributed by atoms with E-state index in [2.05, 4.69) is 26.6 Å². The predicted octanol–water partition coefficient (Wildman–Crippen LogP) is 4.87. The van der Waals surface area contributed by atoms with Crippen LogP contribution < -0.4 is 14.2 Å². The molecule has 1 aromatic heterocycles. The van der Waals surface area contributed by atoms with Crippen LogP contribution in [0.2, 0.25) is 0 Å². The molecule has 2 heterocycles. The van der Waals surface area contributed by atoms with E-state index in [9.17, 15) is 4.39 Å². The summed E-state index contributed by atoms with van der Waals surface area (Å²) in [5.74, 6) is 2.35. The first kappa shape index (κ1) is 26.0. The molecule has 1 saturated heterocycles. The number of rotatable bonds is 11. The van der Waals surface area contributed by atoms with E-state index in [1.54, 1.807) is 38.6 Å². The number of methoxy groups -OCH3 is 2. The van der Waals surface area contributed by atoms with E-state index in [1.807, 2.05) is 19.2 Å². The van der Waals surface area contributed by atoms with E-state index in [4.69, 9.17) is 18.9 Å². The summed E-state index contributed by atoms with van der Waals surface area (Å²) in [6.45, 7) is 6.17. The number of imidazole rings is 1. The van der Waals surface area contributed by atoms with Gasteiger partial charge in [-0.05, 0) is 62.6 Å². The topological polar surface area (TPSA) is 58.0 Å². The molecule has 0 spiro atoms. The molecule has 0 saturated carbocycles. The lowest BCUT2D eigenvalue weighted by molar-refractivity contribution is -0.0548. The van der Waals surface area contributed by atoms with Crippen molar-refractivity contribution < 1.29 is 23.3 Å². The Balaban J connectivity index is 1.35. The van der Waals surface area contributed by atoms with Crippen LogP contribution in [-0.4, -0.2) is 60.6 Å². The number of benzene rings is 2. The van der Waals surface area contributed by atoms with Crippen LogP contribution in [0.1, 0.15) is 30.7 Å². The Kier molecular flexibility index (Phi) is 8.83. The molecular weight excluding hydrogens is 461 g/mol. The minimum absolute atomic E-state index is 0.268. The van der Waals surface area contributed by atoms with E-state index in [0.29, 0.717) is 13.2 Å². The number of ether oxygens (including phenoxy) is 4. The standard InChI is InChI=1S/C28H36FN3O4/c1-22-30-13-16-32(22)17-18-35-27-19-23(9-10-26(27)33-2)20-31-14-6-11-28(34-3,12-15-31)21-36-25-8-5-4-7-24(25)29/h4-5,7-10,13,16,19H,6,11-12,14-15,17-18,20-21H2,1-3H3. The third-order valence-corrected chi connectivity index (χ3v) is 6.90. The maximum atomic E-state index is 14.0. The van der Waals surface area contributed by atoms with Crippen molar-refractivity contribution in [3.05, 3.63) is 72.1 Å². The monoisotopic (exact) mass is 497 g/mol. The first-order valence-electron chi connectivity index (χ1n) is 12.4. The Morgan fingerprint density at radius 2 is 1.86 bits per heavy atom. The highest BCUT2D eigenvalue weighted by atomic mass is 19.1. The fourth-order valence-corrected chi connectivity index (χ4v) is 4.64. The maximum Gasteiger partial charge on any atom is 0.165 e. The van der Waals surface area contributed by atoms with Gasteiger partial charge in [-0.2, -0.15) is 0 Å². The van der Waals surface area contributed by atoms with Crippen LogP contribution in [-0.2, 0) is 17.8 Å². The van der Waals surface area contributed by atoms with Gasteiger partial charge in [0.25, 0.3) is 0 Å². The summed E-state index contributed by atoms with van der Waals surface area (Å²) in [4.78, 5) is 6.67. The number of hydrogen-bond acceptors (Lipinski definition) is 6. The predicted molar refractivity (Wildman–Crippen MR) is 136 cm³/mol. The van der Waals surface area contributed by atoms with Crippen molar-refractivity contribution in [1.29, 1.82) is 0 Å². The Bertz CT molecular complexity index is 1120. The highest BCUT2D eigenvalue weighted by Gasteiger charge is 2.34. The fraction of sp³-hybridized carbons (Fsp3) is 0.464. The highest BCUT2D eigenvalue weighted by molar-refractivity contribution is 5.43. The second-order valence-corrected chi connectivity index (χ2v) is 9.24. The molecule has 8 heteroatoms. The van der Waals surface area contributed by atoms with Gasteiger partial charge in [-0.15, -0.1) is 0 Å². The van der Waals surface area contributed by atoms with Crippen LogP contribution in [0.25, 0.3) is 0 Å². The summed E-state index contributed by atoms with van der Waals surface area (Å²) < 4.78 is 39.5. The van der Waals surface area contributed by atoms with Crippen LogP contribution in [0.5, 0.6) is 17.2 Å². The van der Waals surface area contributed by atoms with Crippen molar-refractivity contribution >= 4 is 0 Å². The van der Waals surface area contributed by atoms with E-state index in [0.717, 1.165) is 68.3 Å². The van der Waals surface area contributed by atoms with Gasteiger partial charge in [-0.3, -0.25) is 4.90 Å².